The van der Waals surface area contributed by atoms with Crippen molar-refractivity contribution in [3.8, 4) is 5.69 Å². The lowest BCUT2D eigenvalue weighted by atomic mass is 9.97. The zero-order valence-electron chi connectivity index (χ0n) is 9.15. The van der Waals surface area contributed by atoms with Crippen molar-refractivity contribution in [1.29, 1.82) is 0 Å². The lowest BCUT2D eigenvalue weighted by Crippen LogP contribution is -2.22. The highest BCUT2D eigenvalue weighted by molar-refractivity contribution is 5.78. The van der Waals surface area contributed by atoms with Crippen molar-refractivity contribution < 1.29 is 9.90 Å². The van der Waals surface area contributed by atoms with E-state index in [2.05, 4.69) is 4.98 Å². The number of aliphatic carboxylic acids is 1. The predicted octanol–water partition coefficient (Wildman–Crippen LogP) is 0.999. The second kappa shape index (κ2) is 4.80. The summed E-state index contributed by atoms with van der Waals surface area (Å²) < 4.78 is 1.78. The van der Waals surface area contributed by atoms with E-state index in [0.717, 1.165) is 5.69 Å². The van der Waals surface area contributed by atoms with E-state index in [4.69, 9.17) is 10.8 Å². The maximum absolute atomic E-state index is 11.1. The number of carbonyl (C=O) groups is 1. The van der Waals surface area contributed by atoms with Crippen molar-refractivity contribution >= 4 is 5.97 Å². The molecule has 0 radical (unpaired) electrons. The van der Waals surface area contributed by atoms with Crippen LogP contribution >= 0.6 is 0 Å². The molecule has 0 bridgehead atoms. The van der Waals surface area contributed by atoms with Gasteiger partial charge in [0.2, 0.25) is 0 Å². The molecule has 5 nitrogen and oxygen atoms in total. The Bertz CT molecular complexity index is 508. The fourth-order valence-corrected chi connectivity index (χ4v) is 1.78. The molecule has 1 atom stereocenters. The van der Waals surface area contributed by atoms with Gasteiger partial charge in [-0.15, -0.1) is 0 Å². The van der Waals surface area contributed by atoms with Crippen molar-refractivity contribution in [3.05, 3.63) is 48.5 Å². The van der Waals surface area contributed by atoms with Gasteiger partial charge >= 0.3 is 5.97 Å². The fourth-order valence-electron chi connectivity index (χ4n) is 1.78. The number of para-hydroxylation sites is 1. The SMILES string of the molecule is NCC(C(=O)O)c1ccccc1-n1ccnc1. The van der Waals surface area contributed by atoms with E-state index in [1.807, 2.05) is 12.1 Å². The van der Waals surface area contributed by atoms with E-state index in [1.165, 1.54) is 0 Å². The first-order valence-electron chi connectivity index (χ1n) is 5.24. The number of imidazole rings is 1. The number of aromatic nitrogens is 2. The number of benzene rings is 1. The van der Waals surface area contributed by atoms with Crippen LogP contribution in [0, 0.1) is 0 Å². The van der Waals surface area contributed by atoms with Crippen molar-refractivity contribution in [2.75, 3.05) is 6.54 Å². The number of hydrogen-bond donors (Lipinski definition) is 2. The molecule has 0 aliphatic rings. The van der Waals surface area contributed by atoms with E-state index in [9.17, 15) is 4.79 Å². The van der Waals surface area contributed by atoms with Crippen LogP contribution in [0.15, 0.2) is 43.0 Å². The Morgan fingerprint density at radius 1 is 1.47 bits per heavy atom. The van der Waals surface area contributed by atoms with Gasteiger partial charge in [0.15, 0.2) is 0 Å². The summed E-state index contributed by atoms with van der Waals surface area (Å²) in [4.78, 5) is 15.1. The highest BCUT2D eigenvalue weighted by atomic mass is 16.4. The van der Waals surface area contributed by atoms with E-state index in [0.29, 0.717) is 5.56 Å². The van der Waals surface area contributed by atoms with Crippen molar-refractivity contribution in [3.63, 3.8) is 0 Å². The third kappa shape index (κ3) is 2.19. The molecule has 0 saturated heterocycles. The summed E-state index contributed by atoms with van der Waals surface area (Å²) in [6.45, 7) is 0.0705. The number of carboxylic acid groups (broad SMARTS) is 1. The molecule has 0 fully saturated rings. The van der Waals surface area contributed by atoms with E-state index >= 15 is 0 Å². The van der Waals surface area contributed by atoms with Crippen LogP contribution in [0.4, 0.5) is 0 Å². The minimum atomic E-state index is -0.917. The Kier molecular flexibility index (Phi) is 3.20. The smallest absolute Gasteiger partial charge is 0.312 e. The van der Waals surface area contributed by atoms with Crippen molar-refractivity contribution in [2.45, 2.75) is 5.92 Å². The minimum absolute atomic E-state index is 0.0705. The molecule has 17 heavy (non-hydrogen) atoms. The number of hydrogen-bond acceptors (Lipinski definition) is 3. The molecule has 2 rings (SSSR count). The first kappa shape index (κ1) is 11.3. The molecule has 1 aromatic carbocycles. The molecule has 1 aromatic heterocycles. The summed E-state index contributed by atoms with van der Waals surface area (Å²) in [5.41, 5.74) is 7.01. The highest BCUT2D eigenvalue weighted by Crippen LogP contribution is 2.22. The Labute approximate surface area is 98.5 Å². The van der Waals surface area contributed by atoms with Gasteiger partial charge in [-0.1, -0.05) is 18.2 Å². The van der Waals surface area contributed by atoms with Gasteiger partial charge in [0.25, 0.3) is 0 Å². The predicted molar refractivity (Wildman–Crippen MR) is 63.0 cm³/mol. The molecule has 0 amide bonds. The van der Waals surface area contributed by atoms with Crippen molar-refractivity contribution in [1.82, 2.24) is 9.55 Å². The van der Waals surface area contributed by atoms with Crippen LogP contribution in [0.1, 0.15) is 11.5 Å². The van der Waals surface area contributed by atoms with Crippen molar-refractivity contribution in [2.24, 2.45) is 5.73 Å². The molecule has 88 valence electrons. The monoisotopic (exact) mass is 231 g/mol. The second-order valence-electron chi connectivity index (χ2n) is 3.66. The number of nitrogens with zero attached hydrogens (tertiary/aromatic N) is 2. The molecule has 5 heteroatoms. The maximum Gasteiger partial charge on any atom is 0.312 e. The van der Waals surface area contributed by atoms with Gasteiger partial charge in [-0.3, -0.25) is 4.79 Å². The minimum Gasteiger partial charge on any atom is -0.481 e. The van der Waals surface area contributed by atoms with E-state index < -0.39 is 11.9 Å². The van der Waals surface area contributed by atoms with Gasteiger partial charge in [0.1, 0.15) is 0 Å². The second-order valence-corrected chi connectivity index (χ2v) is 3.66. The van der Waals surface area contributed by atoms with Gasteiger partial charge in [0, 0.05) is 18.9 Å². The summed E-state index contributed by atoms with van der Waals surface area (Å²) >= 11 is 0. The number of nitrogens with two attached hydrogens (primary N) is 1. The lowest BCUT2D eigenvalue weighted by molar-refractivity contribution is -0.138. The Balaban J connectivity index is 2.51. The molecule has 2 aromatic rings. The first-order valence-corrected chi connectivity index (χ1v) is 5.24. The number of rotatable bonds is 4. The standard InChI is InChI=1S/C12H13N3O2/c13-7-10(12(16)17)9-3-1-2-4-11(9)15-6-5-14-8-15/h1-6,8,10H,7,13H2,(H,16,17). The summed E-state index contributed by atoms with van der Waals surface area (Å²) in [6, 6.07) is 7.29. The van der Waals surface area contributed by atoms with Crippen LogP contribution < -0.4 is 5.73 Å². The van der Waals surface area contributed by atoms with Crippen LogP contribution in [0.5, 0.6) is 0 Å². The van der Waals surface area contributed by atoms with Crippen LogP contribution in [-0.4, -0.2) is 27.2 Å². The molecule has 0 aliphatic heterocycles. The first-order chi connectivity index (χ1) is 8.24. The Morgan fingerprint density at radius 2 is 2.24 bits per heavy atom. The van der Waals surface area contributed by atoms with Gasteiger partial charge in [-0.05, 0) is 11.6 Å². The quantitative estimate of drug-likeness (QED) is 0.822. The van der Waals surface area contributed by atoms with E-state index in [1.54, 1.807) is 35.4 Å². The molecular weight excluding hydrogens is 218 g/mol. The molecule has 0 aliphatic carbocycles. The van der Waals surface area contributed by atoms with E-state index in [-0.39, 0.29) is 6.54 Å². The van der Waals surface area contributed by atoms with Gasteiger partial charge in [0.05, 0.1) is 17.9 Å². The largest absolute Gasteiger partial charge is 0.481 e. The van der Waals surface area contributed by atoms with Gasteiger partial charge in [-0.25, -0.2) is 4.98 Å². The Hall–Kier alpha value is -2.14. The van der Waals surface area contributed by atoms with Crippen LogP contribution in [0.3, 0.4) is 0 Å². The molecular formula is C12H13N3O2. The summed E-state index contributed by atoms with van der Waals surface area (Å²) in [6.07, 6.45) is 5.05. The third-order valence-electron chi connectivity index (χ3n) is 2.63. The maximum atomic E-state index is 11.1. The van der Waals surface area contributed by atoms with Gasteiger partial charge < -0.3 is 15.4 Å². The highest BCUT2D eigenvalue weighted by Gasteiger charge is 2.21. The average Bonchev–Trinajstić information content (AvgIpc) is 2.83. The average molecular weight is 231 g/mol. The fraction of sp³-hybridized carbons (Fsp3) is 0.167. The molecule has 0 saturated carbocycles. The number of carboxylic acids is 1. The molecule has 0 spiro atoms. The molecule has 1 unspecified atom stereocenters. The molecule has 3 N–H and O–H groups in total. The van der Waals surface area contributed by atoms with Crippen LogP contribution in [0.2, 0.25) is 0 Å². The summed E-state index contributed by atoms with van der Waals surface area (Å²) in [7, 11) is 0. The molecule has 1 heterocycles. The summed E-state index contributed by atoms with van der Waals surface area (Å²) in [5.74, 6) is -1.62. The van der Waals surface area contributed by atoms with Crippen LogP contribution in [-0.2, 0) is 4.79 Å². The topological polar surface area (TPSA) is 81.1 Å². The summed E-state index contributed by atoms with van der Waals surface area (Å²) in [5, 5.41) is 9.14. The normalized spacial score (nSPS) is 12.3. The Morgan fingerprint density at radius 3 is 2.82 bits per heavy atom. The zero-order chi connectivity index (χ0) is 12.3. The van der Waals surface area contributed by atoms with Crippen LogP contribution in [0.25, 0.3) is 5.69 Å². The van der Waals surface area contributed by atoms with Gasteiger partial charge in [-0.2, -0.15) is 0 Å². The zero-order valence-corrected chi connectivity index (χ0v) is 9.15. The third-order valence-corrected chi connectivity index (χ3v) is 2.63. The lowest BCUT2D eigenvalue weighted by Gasteiger charge is -2.15.